The number of aryl methyl sites for hydroxylation is 2. The zero-order valence-electron chi connectivity index (χ0n) is 10.0. The Hall–Kier alpha value is -1.28. The van der Waals surface area contributed by atoms with Crippen molar-refractivity contribution in [1.29, 1.82) is 0 Å². The number of ketones is 1. The number of halogens is 1. The number of hydrogen-bond donors (Lipinski definition) is 1. The van der Waals surface area contributed by atoms with Crippen LogP contribution < -0.4 is 5.56 Å². The molecule has 0 aliphatic carbocycles. The third-order valence-corrected chi connectivity index (χ3v) is 2.90. The maximum Gasteiger partial charge on any atom is 3.00 e. The van der Waals surface area contributed by atoms with Crippen molar-refractivity contribution in [2.75, 3.05) is 0 Å². The Morgan fingerprint density at radius 2 is 1.94 bits per heavy atom. The van der Waals surface area contributed by atoms with Crippen LogP contribution in [0.3, 0.4) is 0 Å². The number of carbonyl (C=O) groups is 1. The van der Waals surface area contributed by atoms with E-state index in [4.69, 9.17) is 11.6 Å². The second kappa shape index (κ2) is 5.58. The van der Waals surface area contributed by atoms with Gasteiger partial charge >= 0.3 is 17.4 Å². The molecular weight excluding hydrogens is 267 g/mol. The van der Waals surface area contributed by atoms with Crippen molar-refractivity contribution >= 4 is 34.7 Å². The fourth-order valence-electron chi connectivity index (χ4n) is 1.73. The van der Waals surface area contributed by atoms with Gasteiger partial charge in [0.1, 0.15) is 5.56 Å². The van der Waals surface area contributed by atoms with Gasteiger partial charge in [-0.15, -0.1) is 0 Å². The molecule has 2 aromatic rings. The predicted octanol–water partition coefficient (Wildman–Crippen LogP) is 1.53. The number of hydrogen-bond acceptors (Lipinski definition) is 2. The molecule has 0 unspecified atom stereocenters. The summed E-state index contributed by atoms with van der Waals surface area (Å²) in [4.78, 5) is 24.0. The van der Waals surface area contributed by atoms with Crippen LogP contribution in [0.2, 0.25) is 5.02 Å². The van der Waals surface area contributed by atoms with E-state index in [1.54, 1.807) is 38.2 Å². The molecule has 0 aliphatic rings. The first-order valence-corrected chi connectivity index (χ1v) is 5.45. The summed E-state index contributed by atoms with van der Waals surface area (Å²) in [6.45, 7) is 1.69. The molecule has 18 heavy (non-hydrogen) atoms. The van der Waals surface area contributed by atoms with Gasteiger partial charge in [0.25, 0.3) is 5.56 Å². The summed E-state index contributed by atoms with van der Waals surface area (Å²) in [5.41, 5.74) is 0.685. The van der Waals surface area contributed by atoms with Gasteiger partial charge in [0, 0.05) is 18.3 Å². The fourth-order valence-corrected chi connectivity index (χ4v) is 1.96. The monoisotopic (exact) mass is 277 g/mol. The Kier molecular flexibility index (Phi) is 4.58. The summed E-state index contributed by atoms with van der Waals surface area (Å²) in [5, 5.41) is 3.13. The van der Waals surface area contributed by atoms with E-state index in [9.17, 15) is 9.59 Å². The minimum atomic E-state index is -0.352. The van der Waals surface area contributed by atoms with E-state index in [2.05, 4.69) is 5.10 Å². The third kappa shape index (κ3) is 2.44. The molecule has 0 fully saturated rings. The van der Waals surface area contributed by atoms with Crippen molar-refractivity contribution in [3.8, 4) is 0 Å². The van der Waals surface area contributed by atoms with Crippen LogP contribution in [0.15, 0.2) is 29.1 Å². The molecule has 0 saturated carbocycles. The van der Waals surface area contributed by atoms with Crippen molar-refractivity contribution in [2.24, 2.45) is 7.05 Å². The molecule has 6 heteroatoms. The van der Waals surface area contributed by atoms with Crippen LogP contribution in [-0.4, -0.2) is 32.9 Å². The fraction of sp³-hybridized carbons (Fsp3) is 0.167. The van der Waals surface area contributed by atoms with Crippen molar-refractivity contribution in [3.05, 3.63) is 56.5 Å². The van der Waals surface area contributed by atoms with Crippen molar-refractivity contribution in [3.63, 3.8) is 0 Å². The molecule has 1 aromatic carbocycles. The van der Waals surface area contributed by atoms with E-state index < -0.39 is 0 Å². The van der Waals surface area contributed by atoms with E-state index >= 15 is 0 Å². The van der Waals surface area contributed by atoms with E-state index in [1.807, 2.05) is 0 Å². The minimum Gasteiger partial charge on any atom is -0.299 e. The average molecular weight is 278 g/mol. The topological polar surface area (TPSA) is 54.9 Å². The molecule has 0 atom stereocenters. The van der Waals surface area contributed by atoms with Crippen LogP contribution in [0.25, 0.3) is 0 Å². The Labute approximate surface area is 120 Å². The zero-order chi connectivity index (χ0) is 12.6. The quantitative estimate of drug-likeness (QED) is 0.668. The summed E-state index contributed by atoms with van der Waals surface area (Å²) < 4.78 is 1.28. The molecule has 4 nitrogen and oxygen atoms in total. The van der Waals surface area contributed by atoms with Gasteiger partial charge in [-0.2, -0.15) is 0 Å². The van der Waals surface area contributed by atoms with Crippen LogP contribution in [-0.2, 0) is 7.05 Å². The van der Waals surface area contributed by atoms with Gasteiger partial charge in [0.2, 0.25) is 5.78 Å². The molecule has 0 aliphatic heterocycles. The van der Waals surface area contributed by atoms with Gasteiger partial charge in [-0.1, -0.05) is 23.7 Å². The van der Waals surface area contributed by atoms with Crippen LogP contribution in [0.1, 0.15) is 21.6 Å². The number of aromatic nitrogens is 2. The van der Waals surface area contributed by atoms with Crippen molar-refractivity contribution < 1.29 is 4.79 Å². The first kappa shape index (κ1) is 14.8. The van der Waals surface area contributed by atoms with Crippen LogP contribution in [0.5, 0.6) is 0 Å². The average Bonchev–Trinajstić information content (AvgIpc) is 2.53. The molecule has 1 heterocycles. The van der Waals surface area contributed by atoms with E-state index in [-0.39, 0.29) is 34.3 Å². The Morgan fingerprint density at radius 3 is 2.44 bits per heavy atom. The number of aromatic amines is 1. The van der Waals surface area contributed by atoms with Gasteiger partial charge in [0.15, 0.2) is 0 Å². The number of H-pyrrole nitrogens is 1. The normalized spacial score (nSPS) is 9.94. The maximum absolute atomic E-state index is 12.2. The predicted molar refractivity (Wildman–Crippen MR) is 71.4 cm³/mol. The minimum absolute atomic E-state index is 0. The summed E-state index contributed by atoms with van der Waals surface area (Å²) >= 11 is 5.94. The standard InChI is InChI=1S/C12H11ClN2O2.Al/c1-7-10(12(17)15(2)14-7)11(16)8-5-3-4-6-9(8)13;/h3-6,14H,1-2H3;/q;+3. The molecule has 2 rings (SSSR count). The Balaban J connectivity index is 0.00000162. The molecule has 0 spiro atoms. The zero-order valence-corrected chi connectivity index (χ0v) is 11.9. The molecule has 1 aromatic heterocycles. The van der Waals surface area contributed by atoms with Gasteiger partial charge in [-0.25, -0.2) is 0 Å². The van der Waals surface area contributed by atoms with E-state index in [1.165, 1.54) is 4.68 Å². The second-order valence-corrected chi connectivity index (χ2v) is 4.19. The number of carbonyl (C=O) groups excluding carboxylic acids is 1. The van der Waals surface area contributed by atoms with Gasteiger partial charge in [0.05, 0.1) is 5.02 Å². The first-order chi connectivity index (χ1) is 8.02. The Morgan fingerprint density at radius 1 is 1.33 bits per heavy atom. The van der Waals surface area contributed by atoms with Gasteiger partial charge in [-0.3, -0.25) is 19.4 Å². The first-order valence-electron chi connectivity index (χ1n) is 5.07. The number of rotatable bonds is 2. The van der Waals surface area contributed by atoms with E-state index in [0.29, 0.717) is 16.3 Å². The summed E-state index contributed by atoms with van der Waals surface area (Å²) in [5.74, 6) is -0.352. The maximum atomic E-state index is 12.2. The summed E-state index contributed by atoms with van der Waals surface area (Å²) in [7, 11) is 1.57. The summed E-state index contributed by atoms with van der Waals surface area (Å²) in [6.07, 6.45) is 0. The molecule has 1 N–H and O–H groups in total. The molecule has 0 amide bonds. The van der Waals surface area contributed by atoms with Gasteiger partial charge in [-0.05, 0) is 19.1 Å². The van der Waals surface area contributed by atoms with E-state index in [0.717, 1.165) is 0 Å². The molecule has 0 bridgehead atoms. The molecule has 0 radical (unpaired) electrons. The Bertz CT molecular complexity index is 646. The number of nitrogens with zero attached hydrogens (tertiary/aromatic N) is 1. The number of nitrogens with one attached hydrogen (secondary N) is 1. The second-order valence-electron chi connectivity index (χ2n) is 3.78. The smallest absolute Gasteiger partial charge is 0.299 e. The largest absolute Gasteiger partial charge is 3.00 e. The van der Waals surface area contributed by atoms with Crippen LogP contribution in [0.4, 0.5) is 0 Å². The number of benzene rings is 1. The van der Waals surface area contributed by atoms with Crippen molar-refractivity contribution in [1.82, 2.24) is 9.78 Å². The molecular formula is C12H11AlClN2O2+3. The van der Waals surface area contributed by atoms with Crippen molar-refractivity contribution in [2.45, 2.75) is 6.92 Å². The molecule has 88 valence electrons. The third-order valence-electron chi connectivity index (χ3n) is 2.57. The van der Waals surface area contributed by atoms with Crippen LogP contribution >= 0.6 is 11.6 Å². The molecule has 0 saturated heterocycles. The van der Waals surface area contributed by atoms with Gasteiger partial charge < -0.3 is 0 Å². The summed E-state index contributed by atoms with van der Waals surface area (Å²) in [6, 6.07) is 6.69. The van der Waals surface area contributed by atoms with Crippen LogP contribution in [0, 0.1) is 6.92 Å². The SMILES string of the molecule is Cc1[nH]n(C)c(=O)c1C(=O)c1ccccc1Cl.[Al+3].